The Morgan fingerprint density at radius 3 is 2.60 bits per heavy atom. The van der Waals surface area contributed by atoms with Crippen LogP contribution in [0, 0.1) is 0 Å². The molecule has 0 aromatic carbocycles. The zero-order valence-corrected chi connectivity index (χ0v) is 12.9. The standard InChI is InChI=1S/C14H12Cl2N2OS/c15-12-6-9(7-13(16)17-12)14(19)18(10-3-4-10)8-11-2-1-5-20-11/h1-2,5-7,10H,3-4,8H2. The summed E-state index contributed by atoms with van der Waals surface area (Å²) >= 11 is 13.4. The number of carbonyl (C=O) groups excluding carboxylic acids is 1. The summed E-state index contributed by atoms with van der Waals surface area (Å²) < 4.78 is 0. The number of hydrogen-bond donors (Lipinski definition) is 0. The van der Waals surface area contributed by atoms with Crippen LogP contribution in [0.25, 0.3) is 0 Å². The molecule has 0 spiro atoms. The summed E-state index contributed by atoms with van der Waals surface area (Å²) in [5.74, 6) is -0.0351. The molecule has 104 valence electrons. The normalized spacial score (nSPS) is 14.3. The molecule has 1 saturated carbocycles. The lowest BCUT2D eigenvalue weighted by Gasteiger charge is -2.22. The molecule has 0 aliphatic heterocycles. The zero-order chi connectivity index (χ0) is 14.1. The topological polar surface area (TPSA) is 33.2 Å². The summed E-state index contributed by atoms with van der Waals surface area (Å²) in [6.07, 6.45) is 2.12. The van der Waals surface area contributed by atoms with Crippen molar-refractivity contribution in [2.75, 3.05) is 0 Å². The number of rotatable bonds is 4. The average Bonchev–Trinajstić information content (AvgIpc) is 3.11. The van der Waals surface area contributed by atoms with Crippen molar-refractivity contribution in [2.24, 2.45) is 0 Å². The summed E-state index contributed by atoms with van der Waals surface area (Å²) in [6, 6.07) is 7.50. The van der Waals surface area contributed by atoms with E-state index in [-0.39, 0.29) is 16.2 Å². The van der Waals surface area contributed by atoms with Crippen LogP contribution < -0.4 is 0 Å². The molecular weight excluding hydrogens is 315 g/mol. The van der Waals surface area contributed by atoms with Crippen LogP contribution in [0.15, 0.2) is 29.6 Å². The van der Waals surface area contributed by atoms with E-state index in [0.717, 1.165) is 12.8 Å². The molecule has 1 amide bonds. The van der Waals surface area contributed by atoms with Crippen molar-refractivity contribution in [3.63, 3.8) is 0 Å². The number of amides is 1. The average molecular weight is 327 g/mol. The molecule has 2 aromatic rings. The van der Waals surface area contributed by atoms with E-state index in [1.807, 2.05) is 22.4 Å². The molecule has 20 heavy (non-hydrogen) atoms. The first kappa shape index (κ1) is 13.9. The van der Waals surface area contributed by atoms with Gasteiger partial charge < -0.3 is 4.90 Å². The molecule has 2 heterocycles. The van der Waals surface area contributed by atoms with Crippen molar-refractivity contribution in [3.05, 3.63) is 50.4 Å². The highest BCUT2D eigenvalue weighted by Gasteiger charge is 2.33. The lowest BCUT2D eigenvalue weighted by molar-refractivity contribution is 0.0731. The summed E-state index contributed by atoms with van der Waals surface area (Å²) in [5, 5.41) is 2.51. The van der Waals surface area contributed by atoms with Crippen LogP contribution >= 0.6 is 34.5 Å². The fraction of sp³-hybridized carbons (Fsp3) is 0.286. The second-order valence-corrected chi connectivity index (χ2v) is 6.55. The third-order valence-electron chi connectivity index (χ3n) is 3.16. The molecule has 0 unspecified atom stereocenters. The quantitative estimate of drug-likeness (QED) is 0.787. The van der Waals surface area contributed by atoms with Crippen LogP contribution in [0.1, 0.15) is 28.1 Å². The van der Waals surface area contributed by atoms with E-state index >= 15 is 0 Å². The van der Waals surface area contributed by atoms with Gasteiger partial charge in [-0.1, -0.05) is 29.3 Å². The van der Waals surface area contributed by atoms with Gasteiger partial charge in [-0.05, 0) is 36.4 Å². The van der Waals surface area contributed by atoms with Gasteiger partial charge in [-0.25, -0.2) is 4.98 Å². The minimum absolute atomic E-state index is 0.0351. The Labute approximate surface area is 131 Å². The molecule has 0 atom stereocenters. The highest BCUT2D eigenvalue weighted by atomic mass is 35.5. The van der Waals surface area contributed by atoms with Gasteiger partial charge >= 0.3 is 0 Å². The van der Waals surface area contributed by atoms with E-state index in [1.54, 1.807) is 23.5 Å². The maximum absolute atomic E-state index is 12.6. The molecule has 2 aromatic heterocycles. The monoisotopic (exact) mass is 326 g/mol. The van der Waals surface area contributed by atoms with Gasteiger partial charge in [0.1, 0.15) is 10.3 Å². The Bertz CT molecular complexity index is 606. The van der Waals surface area contributed by atoms with Crippen LogP contribution in [0.4, 0.5) is 0 Å². The third kappa shape index (κ3) is 3.14. The Hall–Kier alpha value is -1.10. The van der Waals surface area contributed by atoms with E-state index in [1.165, 1.54) is 4.88 Å². The van der Waals surface area contributed by atoms with Crippen molar-refractivity contribution >= 4 is 40.4 Å². The van der Waals surface area contributed by atoms with Crippen molar-refractivity contribution in [1.29, 1.82) is 0 Å². The number of aromatic nitrogens is 1. The van der Waals surface area contributed by atoms with E-state index in [2.05, 4.69) is 4.98 Å². The number of hydrogen-bond acceptors (Lipinski definition) is 3. The summed E-state index contributed by atoms with van der Waals surface area (Å²) in [7, 11) is 0. The second kappa shape index (κ2) is 5.72. The van der Waals surface area contributed by atoms with E-state index in [4.69, 9.17) is 23.2 Å². The van der Waals surface area contributed by atoms with Gasteiger partial charge in [-0.15, -0.1) is 11.3 Å². The predicted molar refractivity (Wildman–Crippen MR) is 81.5 cm³/mol. The fourth-order valence-corrected chi connectivity index (χ4v) is 3.24. The Morgan fingerprint density at radius 1 is 1.35 bits per heavy atom. The van der Waals surface area contributed by atoms with Crippen LogP contribution in [0.2, 0.25) is 10.3 Å². The van der Waals surface area contributed by atoms with Crippen LogP contribution in [-0.4, -0.2) is 21.8 Å². The smallest absolute Gasteiger partial charge is 0.254 e. The minimum Gasteiger partial charge on any atom is -0.331 e. The van der Waals surface area contributed by atoms with Gasteiger partial charge in [0.15, 0.2) is 0 Å². The predicted octanol–water partition coefficient (Wildman–Crippen LogP) is 4.25. The molecule has 3 rings (SSSR count). The molecule has 0 radical (unpaired) electrons. The van der Waals surface area contributed by atoms with Gasteiger partial charge in [0.2, 0.25) is 0 Å². The number of thiophene rings is 1. The maximum atomic E-state index is 12.6. The van der Waals surface area contributed by atoms with E-state index in [9.17, 15) is 4.79 Å². The molecule has 3 nitrogen and oxygen atoms in total. The number of nitrogens with zero attached hydrogens (tertiary/aromatic N) is 2. The third-order valence-corrected chi connectivity index (χ3v) is 4.41. The molecule has 0 saturated heterocycles. The highest BCUT2D eigenvalue weighted by Crippen LogP contribution is 2.31. The fourth-order valence-electron chi connectivity index (χ4n) is 2.08. The first-order valence-electron chi connectivity index (χ1n) is 6.30. The SMILES string of the molecule is O=C(c1cc(Cl)nc(Cl)c1)N(Cc1cccs1)C1CC1. The van der Waals surface area contributed by atoms with Crippen molar-refractivity contribution in [3.8, 4) is 0 Å². The summed E-state index contributed by atoms with van der Waals surface area (Å²) in [5.41, 5.74) is 0.499. The first-order valence-corrected chi connectivity index (χ1v) is 7.93. The number of halogens is 2. The number of pyridine rings is 1. The van der Waals surface area contributed by atoms with Crippen molar-refractivity contribution in [2.45, 2.75) is 25.4 Å². The Morgan fingerprint density at radius 2 is 2.05 bits per heavy atom. The zero-order valence-electron chi connectivity index (χ0n) is 10.6. The lowest BCUT2D eigenvalue weighted by Crippen LogP contribution is -2.32. The molecule has 1 aliphatic carbocycles. The molecule has 0 N–H and O–H groups in total. The largest absolute Gasteiger partial charge is 0.331 e. The van der Waals surface area contributed by atoms with Gasteiger partial charge in [0, 0.05) is 16.5 Å². The first-order chi connectivity index (χ1) is 9.63. The van der Waals surface area contributed by atoms with Crippen LogP contribution in [0.5, 0.6) is 0 Å². The van der Waals surface area contributed by atoms with Crippen LogP contribution in [0.3, 0.4) is 0 Å². The second-order valence-electron chi connectivity index (χ2n) is 4.74. The molecule has 1 aliphatic rings. The number of carbonyl (C=O) groups is 1. The summed E-state index contributed by atoms with van der Waals surface area (Å²) in [6.45, 7) is 0.638. The van der Waals surface area contributed by atoms with Crippen LogP contribution in [-0.2, 0) is 6.54 Å². The van der Waals surface area contributed by atoms with Crippen molar-refractivity contribution in [1.82, 2.24) is 9.88 Å². The lowest BCUT2D eigenvalue weighted by atomic mass is 10.2. The van der Waals surface area contributed by atoms with Gasteiger partial charge in [0.25, 0.3) is 5.91 Å². The van der Waals surface area contributed by atoms with Gasteiger partial charge in [0.05, 0.1) is 6.54 Å². The van der Waals surface area contributed by atoms with Crippen molar-refractivity contribution < 1.29 is 4.79 Å². The minimum atomic E-state index is -0.0351. The Balaban J connectivity index is 1.85. The molecular formula is C14H12Cl2N2OS. The molecule has 6 heteroatoms. The van der Waals surface area contributed by atoms with Gasteiger partial charge in [-0.3, -0.25) is 4.79 Å². The maximum Gasteiger partial charge on any atom is 0.254 e. The highest BCUT2D eigenvalue weighted by molar-refractivity contribution is 7.09. The Kier molecular flexibility index (Phi) is 3.96. The van der Waals surface area contributed by atoms with Gasteiger partial charge in [-0.2, -0.15) is 0 Å². The molecule has 0 bridgehead atoms. The van der Waals surface area contributed by atoms with E-state index < -0.39 is 0 Å². The summed E-state index contributed by atoms with van der Waals surface area (Å²) in [4.78, 5) is 19.6. The van der Waals surface area contributed by atoms with E-state index in [0.29, 0.717) is 18.2 Å². The molecule has 1 fully saturated rings.